The van der Waals surface area contributed by atoms with Crippen molar-refractivity contribution in [2.45, 2.75) is 6.04 Å². The molecule has 1 atom stereocenters. The maximum atomic E-state index is 5.88. The fraction of sp³-hybridized carbons (Fsp3) is 0.133. The van der Waals surface area contributed by atoms with Crippen LogP contribution in [0, 0.1) is 0 Å². The minimum absolute atomic E-state index is 0.122. The van der Waals surface area contributed by atoms with Gasteiger partial charge in [0.1, 0.15) is 6.04 Å². The fourth-order valence-electron chi connectivity index (χ4n) is 2.11. The third-order valence-electron chi connectivity index (χ3n) is 3.22. The van der Waals surface area contributed by atoms with Crippen molar-refractivity contribution in [3.8, 4) is 11.4 Å². The predicted octanol–water partition coefficient (Wildman–Crippen LogP) is 2.65. The van der Waals surface area contributed by atoms with Gasteiger partial charge in [-0.05, 0) is 22.9 Å². The molecule has 0 radical (unpaired) electrons. The van der Waals surface area contributed by atoms with E-state index in [1.807, 2.05) is 54.6 Å². The lowest BCUT2D eigenvalue weighted by Gasteiger charge is -2.13. The minimum atomic E-state index is -0.122. The zero-order valence-electron chi connectivity index (χ0n) is 11.2. The molecule has 0 aliphatic heterocycles. The summed E-state index contributed by atoms with van der Waals surface area (Å²) in [6.45, 7) is 0.409. The Kier molecular flexibility index (Phi) is 4.08. The molecule has 1 unspecified atom stereocenters. The molecule has 0 aliphatic rings. The van der Waals surface area contributed by atoms with Crippen LogP contribution >= 0.6 is 15.9 Å². The van der Waals surface area contributed by atoms with E-state index in [1.165, 1.54) is 0 Å². The summed E-state index contributed by atoms with van der Waals surface area (Å²) in [4.78, 5) is 1.57. The zero-order chi connectivity index (χ0) is 14.7. The van der Waals surface area contributed by atoms with Crippen molar-refractivity contribution in [1.82, 2.24) is 20.2 Å². The van der Waals surface area contributed by atoms with Crippen LogP contribution in [0.1, 0.15) is 11.6 Å². The first-order chi connectivity index (χ1) is 10.3. The van der Waals surface area contributed by atoms with E-state index >= 15 is 0 Å². The summed E-state index contributed by atoms with van der Waals surface area (Å²) in [5.41, 5.74) is 7.88. The Balaban J connectivity index is 1.92. The van der Waals surface area contributed by atoms with Crippen LogP contribution in [0.3, 0.4) is 0 Å². The van der Waals surface area contributed by atoms with Crippen molar-refractivity contribution in [3.63, 3.8) is 0 Å². The molecule has 1 aromatic heterocycles. The van der Waals surface area contributed by atoms with Gasteiger partial charge in [0.15, 0.2) is 0 Å². The van der Waals surface area contributed by atoms with E-state index in [4.69, 9.17) is 5.73 Å². The quantitative estimate of drug-likeness (QED) is 0.790. The van der Waals surface area contributed by atoms with E-state index in [0.29, 0.717) is 12.4 Å². The molecule has 0 fully saturated rings. The molecule has 2 N–H and O–H groups in total. The van der Waals surface area contributed by atoms with Gasteiger partial charge in [0, 0.05) is 16.6 Å². The molecular weight excluding hydrogens is 330 g/mol. The average molecular weight is 344 g/mol. The number of rotatable bonds is 4. The monoisotopic (exact) mass is 343 g/mol. The molecule has 6 heteroatoms. The topological polar surface area (TPSA) is 69.6 Å². The van der Waals surface area contributed by atoms with E-state index in [2.05, 4.69) is 31.3 Å². The molecule has 0 spiro atoms. The van der Waals surface area contributed by atoms with Gasteiger partial charge in [0.25, 0.3) is 0 Å². The molecule has 0 saturated heterocycles. The van der Waals surface area contributed by atoms with Crippen molar-refractivity contribution in [1.29, 1.82) is 0 Å². The Labute approximate surface area is 130 Å². The van der Waals surface area contributed by atoms with Gasteiger partial charge in [-0.25, -0.2) is 0 Å². The zero-order valence-corrected chi connectivity index (χ0v) is 12.8. The predicted molar refractivity (Wildman–Crippen MR) is 84.6 cm³/mol. The van der Waals surface area contributed by atoms with Gasteiger partial charge >= 0.3 is 0 Å². The van der Waals surface area contributed by atoms with Crippen LogP contribution in [-0.4, -0.2) is 26.8 Å². The van der Waals surface area contributed by atoms with Crippen LogP contribution in [0.4, 0.5) is 0 Å². The van der Waals surface area contributed by atoms with E-state index in [-0.39, 0.29) is 6.04 Å². The minimum Gasteiger partial charge on any atom is -0.328 e. The molecule has 21 heavy (non-hydrogen) atoms. The van der Waals surface area contributed by atoms with Gasteiger partial charge in [-0.1, -0.05) is 58.4 Å². The van der Waals surface area contributed by atoms with E-state index in [9.17, 15) is 0 Å². The summed E-state index contributed by atoms with van der Waals surface area (Å²) in [5, 5.41) is 12.7. The first-order valence-electron chi connectivity index (χ1n) is 6.58. The van der Waals surface area contributed by atoms with Crippen LogP contribution in [0.2, 0.25) is 0 Å². The third-order valence-corrected chi connectivity index (χ3v) is 3.75. The number of halogens is 1. The lowest BCUT2D eigenvalue weighted by molar-refractivity contribution is 0.458. The first kappa shape index (κ1) is 13.9. The fourth-order valence-corrected chi connectivity index (χ4v) is 2.37. The molecule has 2 aromatic carbocycles. The molecule has 0 aliphatic carbocycles. The van der Waals surface area contributed by atoms with E-state index in [0.717, 1.165) is 15.6 Å². The normalized spacial score (nSPS) is 12.3. The van der Waals surface area contributed by atoms with E-state index < -0.39 is 0 Å². The molecule has 3 aromatic rings. The van der Waals surface area contributed by atoms with E-state index in [1.54, 1.807) is 4.80 Å². The summed E-state index contributed by atoms with van der Waals surface area (Å²) in [7, 11) is 0. The third kappa shape index (κ3) is 3.01. The number of nitrogens with zero attached hydrogens (tertiary/aromatic N) is 4. The number of benzene rings is 2. The van der Waals surface area contributed by atoms with Gasteiger partial charge in [0.2, 0.25) is 5.82 Å². The highest BCUT2D eigenvalue weighted by atomic mass is 79.9. The Morgan fingerprint density at radius 2 is 1.76 bits per heavy atom. The summed E-state index contributed by atoms with van der Waals surface area (Å²) in [5.74, 6) is 0.603. The van der Waals surface area contributed by atoms with Gasteiger partial charge in [0.05, 0.1) is 0 Å². The highest BCUT2D eigenvalue weighted by Gasteiger charge is 2.16. The van der Waals surface area contributed by atoms with Crippen molar-refractivity contribution in [3.05, 3.63) is 64.6 Å². The van der Waals surface area contributed by atoms with Crippen molar-refractivity contribution in [2.24, 2.45) is 5.73 Å². The summed E-state index contributed by atoms with van der Waals surface area (Å²) >= 11 is 3.43. The Morgan fingerprint density at radius 3 is 2.43 bits per heavy atom. The SMILES string of the molecule is NCC(c1ccc(Br)cc1)n1nnc(-c2ccccc2)n1. The second kappa shape index (κ2) is 6.15. The number of hydrogen-bond donors (Lipinski definition) is 1. The number of tetrazole rings is 1. The molecular formula is C15H14BrN5. The molecule has 1 heterocycles. The molecule has 5 nitrogen and oxygen atoms in total. The highest BCUT2D eigenvalue weighted by Crippen LogP contribution is 2.20. The van der Waals surface area contributed by atoms with Crippen molar-refractivity contribution < 1.29 is 0 Å². The van der Waals surface area contributed by atoms with Crippen LogP contribution in [0.5, 0.6) is 0 Å². The molecule has 106 valence electrons. The highest BCUT2D eigenvalue weighted by molar-refractivity contribution is 9.10. The molecule has 3 rings (SSSR count). The molecule has 0 amide bonds. The second-order valence-corrected chi connectivity index (χ2v) is 5.52. The summed E-state index contributed by atoms with van der Waals surface area (Å²) in [6.07, 6.45) is 0. The van der Waals surface area contributed by atoms with Crippen LogP contribution in [0.15, 0.2) is 59.1 Å². The smallest absolute Gasteiger partial charge is 0.204 e. The summed E-state index contributed by atoms with van der Waals surface area (Å²) < 4.78 is 1.03. The Morgan fingerprint density at radius 1 is 1.05 bits per heavy atom. The Bertz CT molecular complexity index is 708. The number of hydrogen-bond acceptors (Lipinski definition) is 4. The van der Waals surface area contributed by atoms with Crippen LogP contribution in [0.25, 0.3) is 11.4 Å². The second-order valence-electron chi connectivity index (χ2n) is 4.60. The number of nitrogens with two attached hydrogens (primary N) is 1. The summed E-state index contributed by atoms with van der Waals surface area (Å²) in [6, 6.07) is 17.6. The van der Waals surface area contributed by atoms with Crippen molar-refractivity contribution in [2.75, 3.05) is 6.54 Å². The molecule has 0 bridgehead atoms. The lowest BCUT2D eigenvalue weighted by atomic mass is 10.1. The van der Waals surface area contributed by atoms with Crippen LogP contribution < -0.4 is 5.73 Å². The standard InChI is InChI=1S/C15H14BrN5/c16-13-8-6-11(7-9-13)14(10-17)21-19-15(18-20-21)12-4-2-1-3-5-12/h1-9,14H,10,17H2. The average Bonchev–Trinajstić information content (AvgIpc) is 3.00. The molecule has 0 saturated carbocycles. The number of aromatic nitrogens is 4. The van der Waals surface area contributed by atoms with Gasteiger partial charge in [-0.15, -0.1) is 10.2 Å². The van der Waals surface area contributed by atoms with Crippen LogP contribution in [-0.2, 0) is 0 Å². The maximum absolute atomic E-state index is 5.88. The first-order valence-corrected chi connectivity index (χ1v) is 7.37. The largest absolute Gasteiger partial charge is 0.328 e. The van der Waals surface area contributed by atoms with Gasteiger partial charge in [-0.3, -0.25) is 0 Å². The Hall–Kier alpha value is -2.05. The lowest BCUT2D eigenvalue weighted by Crippen LogP contribution is -2.22. The maximum Gasteiger partial charge on any atom is 0.204 e. The van der Waals surface area contributed by atoms with Gasteiger partial charge in [-0.2, -0.15) is 4.80 Å². The van der Waals surface area contributed by atoms with Gasteiger partial charge < -0.3 is 5.73 Å². The van der Waals surface area contributed by atoms with Crippen molar-refractivity contribution >= 4 is 15.9 Å².